The molecule has 0 aromatic heterocycles. The van der Waals surface area contributed by atoms with E-state index in [1.807, 2.05) is 26.0 Å². The summed E-state index contributed by atoms with van der Waals surface area (Å²) in [4.78, 5) is 26.8. The number of benzene rings is 2. The minimum absolute atomic E-state index is 0.0805. The summed E-state index contributed by atoms with van der Waals surface area (Å²) in [6.07, 6.45) is 0. The molecule has 0 unspecified atom stereocenters. The molecule has 0 spiro atoms. The van der Waals surface area contributed by atoms with E-state index < -0.39 is 18.0 Å². The van der Waals surface area contributed by atoms with Crippen LogP contribution in [0.4, 0.5) is 10.1 Å². The van der Waals surface area contributed by atoms with Gasteiger partial charge in [-0.3, -0.25) is 14.6 Å². The van der Waals surface area contributed by atoms with Crippen molar-refractivity contribution in [3.63, 3.8) is 0 Å². The molecule has 6 nitrogen and oxygen atoms in total. The number of anilines is 1. The first-order valence-electron chi connectivity index (χ1n) is 8.33. The molecule has 0 N–H and O–H groups in total. The number of carbonyl (C=O) groups is 2. The highest BCUT2D eigenvalue weighted by Crippen LogP contribution is 2.33. The minimum Gasteiger partial charge on any atom is -0.271 e. The maximum atomic E-state index is 13.9. The maximum absolute atomic E-state index is 13.9. The quantitative estimate of drug-likeness (QED) is 0.798. The summed E-state index contributed by atoms with van der Waals surface area (Å²) in [6, 6.07) is 10.0. The first kappa shape index (κ1) is 16.4. The molecule has 1 fully saturated rings. The summed E-state index contributed by atoms with van der Waals surface area (Å²) in [5, 5.41) is 9.30. The first-order chi connectivity index (χ1) is 12.5. The zero-order valence-corrected chi connectivity index (χ0v) is 14.4. The summed E-state index contributed by atoms with van der Waals surface area (Å²) < 4.78 is 13.9. The van der Waals surface area contributed by atoms with Crippen molar-refractivity contribution in [3.8, 4) is 0 Å². The Morgan fingerprint density at radius 2 is 1.81 bits per heavy atom. The molecular formula is C19H17FN4O2. The number of imide groups is 1. The second kappa shape index (κ2) is 6.01. The highest BCUT2D eigenvalue weighted by Gasteiger charge is 2.54. The van der Waals surface area contributed by atoms with Crippen LogP contribution in [-0.4, -0.2) is 28.9 Å². The predicted octanol–water partition coefficient (Wildman–Crippen LogP) is 2.94. The van der Waals surface area contributed by atoms with Crippen molar-refractivity contribution in [1.82, 2.24) is 5.01 Å². The van der Waals surface area contributed by atoms with Crippen LogP contribution in [0.25, 0.3) is 0 Å². The van der Waals surface area contributed by atoms with E-state index in [-0.39, 0.29) is 18.3 Å². The van der Waals surface area contributed by atoms with Crippen LogP contribution < -0.4 is 4.90 Å². The van der Waals surface area contributed by atoms with Gasteiger partial charge in [0.05, 0.1) is 12.2 Å². The van der Waals surface area contributed by atoms with Gasteiger partial charge in [-0.1, -0.05) is 29.5 Å². The number of nitrogens with zero attached hydrogens (tertiary/aromatic N) is 4. The van der Waals surface area contributed by atoms with E-state index in [9.17, 15) is 14.0 Å². The molecule has 2 aliphatic heterocycles. The van der Waals surface area contributed by atoms with Gasteiger partial charge in [0.25, 0.3) is 11.8 Å². The second-order valence-corrected chi connectivity index (χ2v) is 6.56. The average Bonchev–Trinajstić information content (AvgIpc) is 3.13. The summed E-state index contributed by atoms with van der Waals surface area (Å²) in [5.41, 5.74) is 2.99. The van der Waals surface area contributed by atoms with Crippen LogP contribution in [0.15, 0.2) is 52.8 Å². The fraction of sp³-hybridized carbons (Fsp3) is 0.263. The van der Waals surface area contributed by atoms with Crippen molar-refractivity contribution in [3.05, 3.63) is 65.0 Å². The number of fused-ring (bicyclic) bond motifs is 1. The lowest BCUT2D eigenvalue weighted by Crippen LogP contribution is -2.39. The zero-order chi connectivity index (χ0) is 18.4. The van der Waals surface area contributed by atoms with Gasteiger partial charge in [-0.25, -0.2) is 9.29 Å². The van der Waals surface area contributed by atoms with Crippen molar-refractivity contribution in [2.24, 2.45) is 10.3 Å². The van der Waals surface area contributed by atoms with Crippen LogP contribution in [0.5, 0.6) is 0 Å². The van der Waals surface area contributed by atoms with Gasteiger partial charge in [-0.15, -0.1) is 0 Å². The highest BCUT2D eigenvalue weighted by atomic mass is 19.1. The molecule has 2 aromatic carbocycles. The van der Waals surface area contributed by atoms with Gasteiger partial charge < -0.3 is 0 Å². The molecule has 0 bridgehead atoms. The summed E-state index contributed by atoms with van der Waals surface area (Å²) in [6.45, 7) is 3.97. The van der Waals surface area contributed by atoms with Crippen molar-refractivity contribution in [2.75, 3.05) is 4.90 Å². The van der Waals surface area contributed by atoms with E-state index in [0.29, 0.717) is 11.3 Å². The van der Waals surface area contributed by atoms with E-state index in [0.717, 1.165) is 16.0 Å². The largest absolute Gasteiger partial charge is 0.271 e. The lowest BCUT2D eigenvalue weighted by molar-refractivity contribution is -0.123. The molecule has 2 aliphatic rings. The van der Waals surface area contributed by atoms with E-state index in [2.05, 4.69) is 10.3 Å². The molecule has 2 aromatic rings. The smallest absolute Gasteiger partial charge is 0.263 e. The Balaban J connectivity index is 1.63. The lowest BCUT2D eigenvalue weighted by atomic mass is 10.1. The van der Waals surface area contributed by atoms with E-state index >= 15 is 0 Å². The number of halogens is 1. The van der Waals surface area contributed by atoms with Crippen molar-refractivity contribution in [1.29, 1.82) is 0 Å². The van der Waals surface area contributed by atoms with Gasteiger partial charge in [0.15, 0.2) is 12.1 Å². The van der Waals surface area contributed by atoms with Gasteiger partial charge in [0.2, 0.25) is 0 Å². The van der Waals surface area contributed by atoms with Gasteiger partial charge in [0, 0.05) is 5.56 Å². The number of amides is 2. The number of carbonyl (C=O) groups excluding carboxylic acids is 2. The average molecular weight is 352 g/mol. The molecule has 2 heterocycles. The van der Waals surface area contributed by atoms with Crippen molar-refractivity contribution in [2.45, 2.75) is 32.5 Å². The van der Waals surface area contributed by atoms with Crippen LogP contribution in [0, 0.1) is 19.7 Å². The van der Waals surface area contributed by atoms with Gasteiger partial charge in [-0.2, -0.15) is 5.11 Å². The molecule has 26 heavy (non-hydrogen) atoms. The fourth-order valence-electron chi connectivity index (χ4n) is 3.27. The van der Waals surface area contributed by atoms with E-state index in [1.165, 1.54) is 11.1 Å². The number of hydrogen-bond donors (Lipinski definition) is 0. The highest BCUT2D eigenvalue weighted by molar-refractivity contribution is 6.25. The van der Waals surface area contributed by atoms with Crippen LogP contribution in [0.1, 0.15) is 16.7 Å². The Bertz CT molecular complexity index is 943. The molecule has 2 amide bonds. The standard InChI is InChI=1S/C19H17FN4O2/c1-11-7-8-14(9-12(11)2)24-18(25)16-17(19(24)26)23(22-21-16)10-13-5-3-4-6-15(13)20/h3-9,16-17H,10H2,1-2H3/t16-,17-/m0/s1. The van der Waals surface area contributed by atoms with Crippen molar-refractivity contribution >= 4 is 17.5 Å². The molecule has 0 aliphatic carbocycles. The Kier molecular flexibility index (Phi) is 3.79. The SMILES string of the molecule is Cc1ccc(N2C(=O)[C@H]3N=NN(Cc4ccccc4F)[C@@H]3C2=O)cc1C. The summed E-state index contributed by atoms with van der Waals surface area (Å²) in [5.74, 6) is -1.17. The molecule has 7 heteroatoms. The molecule has 2 atom stereocenters. The van der Waals surface area contributed by atoms with E-state index in [1.54, 1.807) is 24.3 Å². The maximum Gasteiger partial charge on any atom is 0.263 e. The fourth-order valence-corrected chi connectivity index (χ4v) is 3.27. The lowest BCUT2D eigenvalue weighted by Gasteiger charge is -2.21. The third-order valence-electron chi connectivity index (χ3n) is 4.90. The first-order valence-corrected chi connectivity index (χ1v) is 8.33. The Morgan fingerprint density at radius 1 is 1.04 bits per heavy atom. The Labute approximate surface area is 149 Å². The third kappa shape index (κ3) is 2.47. The van der Waals surface area contributed by atoms with Gasteiger partial charge in [-0.05, 0) is 43.2 Å². The molecule has 1 saturated heterocycles. The van der Waals surface area contributed by atoms with Crippen LogP contribution >= 0.6 is 0 Å². The van der Waals surface area contributed by atoms with Crippen LogP contribution in [0.3, 0.4) is 0 Å². The summed E-state index contributed by atoms with van der Waals surface area (Å²) in [7, 11) is 0. The zero-order valence-electron chi connectivity index (χ0n) is 14.4. The molecule has 4 rings (SSSR count). The van der Waals surface area contributed by atoms with E-state index in [4.69, 9.17) is 0 Å². The Morgan fingerprint density at radius 3 is 2.54 bits per heavy atom. The van der Waals surface area contributed by atoms with Gasteiger partial charge >= 0.3 is 0 Å². The van der Waals surface area contributed by atoms with Gasteiger partial charge in [0.1, 0.15) is 5.82 Å². The Hall–Kier alpha value is -3.09. The molecule has 0 radical (unpaired) electrons. The van der Waals surface area contributed by atoms with Crippen molar-refractivity contribution < 1.29 is 14.0 Å². The topological polar surface area (TPSA) is 65.3 Å². The summed E-state index contributed by atoms with van der Waals surface area (Å²) >= 11 is 0. The van der Waals surface area contributed by atoms with Crippen LogP contribution in [-0.2, 0) is 16.1 Å². The third-order valence-corrected chi connectivity index (χ3v) is 4.90. The monoisotopic (exact) mass is 352 g/mol. The predicted molar refractivity (Wildman–Crippen MR) is 92.8 cm³/mol. The second-order valence-electron chi connectivity index (χ2n) is 6.56. The molecule has 132 valence electrons. The molecular weight excluding hydrogens is 335 g/mol. The molecule has 0 saturated carbocycles. The number of hydrogen-bond acceptors (Lipinski definition) is 5. The minimum atomic E-state index is -0.879. The number of rotatable bonds is 3. The number of aryl methyl sites for hydroxylation is 2. The van der Waals surface area contributed by atoms with Crippen LogP contribution in [0.2, 0.25) is 0 Å². The normalized spacial score (nSPS) is 21.7.